The van der Waals surface area contributed by atoms with E-state index < -0.39 is 6.10 Å². The Bertz CT molecular complexity index is 696. The molecule has 1 fully saturated rings. The maximum Gasteiger partial charge on any atom is 0.253 e. The van der Waals surface area contributed by atoms with Crippen LogP contribution in [0.1, 0.15) is 37.3 Å². The summed E-state index contributed by atoms with van der Waals surface area (Å²) in [4.78, 5) is 12.5. The van der Waals surface area contributed by atoms with Gasteiger partial charge in [-0.1, -0.05) is 48.5 Å². The molecule has 2 aromatic carbocycles. The summed E-state index contributed by atoms with van der Waals surface area (Å²) >= 11 is 0. The maximum atomic E-state index is 12.5. The average molecular weight is 353 g/mol. The number of nitrogens with one attached hydrogen (secondary N) is 1. The number of carbonyl (C=O) groups excluding carboxylic acids is 1. The smallest absolute Gasteiger partial charge is 0.253 e. The van der Waals surface area contributed by atoms with Gasteiger partial charge in [0.05, 0.1) is 12.7 Å². The molecule has 0 aliphatic carbocycles. The van der Waals surface area contributed by atoms with Crippen LogP contribution in [0, 0.1) is 0 Å². The molecule has 1 heterocycles. The van der Waals surface area contributed by atoms with Crippen LogP contribution in [0.3, 0.4) is 0 Å². The molecule has 2 unspecified atom stereocenters. The summed E-state index contributed by atoms with van der Waals surface area (Å²) in [5.74, 6) is -0.124. The van der Waals surface area contributed by atoms with Gasteiger partial charge in [-0.05, 0) is 49.8 Å². The summed E-state index contributed by atoms with van der Waals surface area (Å²) < 4.78 is 11.4. The van der Waals surface area contributed by atoms with Gasteiger partial charge in [0.2, 0.25) is 0 Å². The summed E-state index contributed by atoms with van der Waals surface area (Å²) in [5, 5.41) is 3.01. The van der Waals surface area contributed by atoms with Crippen molar-refractivity contribution >= 4 is 11.6 Å². The van der Waals surface area contributed by atoms with Crippen molar-refractivity contribution in [3.63, 3.8) is 0 Å². The van der Waals surface area contributed by atoms with Gasteiger partial charge < -0.3 is 14.8 Å². The van der Waals surface area contributed by atoms with Crippen molar-refractivity contribution in [1.29, 1.82) is 0 Å². The summed E-state index contributed by atoms with van der Waals surface area (Å²) in [6, 6.07) is 18.2. The van der Waals surface area contributed by atoms with Crippen molar-refractivity contribution in [2.24, 2.45) is 0 Å². The number of anilines is 1. The van der Waals surface area contributed by atoms with E-state index >= 15 is 0 Å². The summed E-state index contributed by atoms with van der Waals surface area (Å²) in [6.45, 7) is 3.06. The molecular formula is C22H27NO3. The Hall–Kier alpha value is -2.17. The second kappa shape index (κ2) is 9.51. The van der Waals surface area contributed by atoms with Crippen LogP contribution in [0.4, 0.5) is 5.69 Å². The van der Waals surface area contributed by atoms with Crippen LogP contribution in [0.5, 0.6) is 0 Å². The first-order chi connectivity index (χ1) is 12.7. The van der Waals surface area contributed by atoms with Crippen molar-refractivity contribution in [3.8, 4) is 0 Å². The van der Waals surface area contributed by atoms with Crippen molar-refractivity contribution in [1.82, 2.24) is 0 Å². The van der Waals surface area contributed by atoms with Crippen molar-refractivity contribution < 1.29 is 14.3 Å². The van der Waals surface area contributed by atoms with Crippen LogP contribution in [-0.2, 0) is 20.7 Å². The Morgan fingerprint density at radius 2 is 1.92 bits per heavy atom. The van der Waals surface area contributed by atoms with Gasteiger partial charge in [0, 0.05) is 12.3 Å². The molecule has 2 aromatic rings. The van der Waals surface area contributed by atoms with Crippen LogP contribution >= 0.6 is 0 Å². The first kappa shape index (κ1) is 18.6. The highest BCUT2D eigenvalue weighted by Crippen LogP contribution is 2.20. The molecule has 0 bridgehead atoms. The highest BCUT2D eigenvalue weighted by molar-refractivity contribution is 5.94. The first-order valence-electron chi connectivity index (χ1n) is 9.38. The number of benzene rings is 2. The van der Waals surface area contributed by atoms with Crippen molar-refractivity contribution in [3.05, 3.63) is 65.7 Å². The lowest BCUT2D eigenvalue weighted by Gasteiger charge is -2.24. The van der Waals surface area contributed by atoms with Gasteiger partial charge in [0.25, 0.3) is 5.91 Å². The SMILES string of the molecule is CC(OCC1CCCCO1)C(=O)Nc1ccccc1Cc1ccccc1. The lowest BCUT2D eigenvalue weighted by molar-refractivity contribution is -0.130. The zero-order chi connectivity index (χ0) is 18.2. The van der Waals surface area contributed by atoms with Gasteiger partial charge in [-0.15, -0.1) is 0 Å². The van der Waals surface area contributed by atoms with E-state index in [1.165, 1.54) is 12.0 Å². The van der Waals surface area contributed by atoms with E-state index in [9.17, 15) is 4.79 Å². The molecule has 4 nitrogen and oxygen atoms in total. The molecule has 26 heavy (non-hydrogen) atoms. The molecule has 3 rings (SSSR count). The molecule has 1 amide bonds. The van der Waals surface area contributed by atoms with E-state index in [1.807, 2.05) is 42.5 Å². The molecule has 4 heteroatoms. The Labute approximate surface area is 155 Å². The summed E-state index contributed by atoms with van der Waals surface area (Å²) in [5.41, 5.74) is 3.15. The second-order valence-corrected chi connectivity index (χ2v) is 6.77. The number of carbonyl (C=O) groups is 1. The summed E-state index contributed by atoms with van der Waals surface area (Å²) in [7, 11) is 0. The van der Waals surface area contributed by atoms with Gasteiger partial charge in [0.15, 0.2) is 0 Å². The van der Waals surface area contributed by atoms with E-state index in [0.29, 0.717) is 6.61 Å². The molecule has 0 spiro atoms. The topological polar surface area (TPSA) is 47.6 Å². The predicted molar refractivity (Wildman–Crippen MR) is 103 cm³/mol. The zero-order valence-electron chi connectivity index (χ0n) is 15.3. The quantitative estimate of drug-likeness (QED) is 0.812. The Balaban J connectivity index is 1.56. The predicted octanol–water partition coefficient (Wildman–Crippen LogP) is 4.19. The highest BCUT2D eigenvalue weighted by Gasteiger charge is 2.19. The van der Waals surface area contributed by atoms with Crippen LogP contribution in [0.25, 0.3) is 0 Å². The van der Waals surface area contributed by atoms with Crippen LogP contribution < -0.4 is 5.32 Å². The molecule has 1 saturated heterocycles. The zero-order valence-corrected chi connectivity index (χ0v) is 15.3. The van der Waals surface area contributed by atoms with E-state index in [0.717, 1.165) is 37.1 Å². The largest absolute Gasteiger partial charge is 0.376 e. The van der Waals surface area contributed by atoms with Gasteiger partial charge in [-0.25, -0.2) is 0 Å². The summed E-state index contributed by atoms with van der Waals surface area (Å²) in [6.07, 6.45) is 3.68. The third-order valence-electron chi connectivity index (χ3n) is 4.69. The third-order valence-corrected chi connectivity index (χ3v) is 4.69. The lowest BCUT2D eigenvalue weighted by atomic mass is 10.0. The van der Waals surface area contributed by atoms with Crippen molar-refractivity contribution in [2.45, 2.75) is 44.8 Å². The van der Waals surface area contributed by atoms with Gasteiger partial charge >= 0.3 is 0 Å². The number of hydrogen-bond donors (Lipinski definition) is 1. The minimum absolute atomic E-state index is 0.115. The number of hydrogen-bond acceptors (Lipinski definition) is 3. The minimum Gasteiger partial charge on any atom is -0.376 e. The molecule has 0 aromatic heterocycles. The Morgan fingerprint density at radius 3 is 2.69 bits per heavy atom. The fourth-order valence-electron chi connectivity index (χ4n) is 3.11. The van der Waals surface area contributed by atoms with Crippen LogP contribution in [-0.4, -0.2) is 31.3 Å². The molecule has 1 aliphatic heterocycles. The van der Waals surface area contributed by atoms with E-state index in [2.05, 4.69) is 17.4 Å². The van der Waals surface area contributed by atoms with E-state index in [1.54, 1.807) is 6.92 Å². The molecule has 0 saturated carbocycles. The minimum atomic E-state index is -0.509. The molecule has 2 atom stereocenters. The van der Waals surface area contributed by atoms with Gasteiger partial charge in [-0.3, -0.25) is 4.79 Å². The van der Waals surface area contributed by atoms with Gasteiger partial charge in [-0.2, -0.15) is 0 Å². The number of ether oxygens (including phenoxy) is 2. The van der Waals surface area contributed by atoms with E-state index in [4.69, 9.17) is 9.47 Å². The molecule has 0 radical (unpaired) electrons. The molecule has 138 valence electrons. The maximum absolute atomic E-state index is 12.5. The Morgan fingerprint density at radius 1 is 1.15 bits per heavy atom. The molecular weight excluding hydrogens is 326 g/mol. The van der Waals surface area contributed by atoms with Crippen LogP contribution in [0.2, 0.25) is 0 Å². The standard InChI is InChI=1S/C22H27NO3/c1-17(26-16-20-12-7-8-14-25-20)22(24)23-21-13-6-5-11-19(21)15-18-9-3-2-4-10-18/h2-6,9-11,13,17,20H,7-8,12,14-16H2,1H3,(H,23,24). The van der Waals surface area contributed by atoms with Crippen molar-refractivity contribution in [2.75, 3.05) is 18.5 Å². The first-order valence-corrected chi connectivity index (χ1v) is 9.38. The monoisotopic (exact) mass is 353 g/mol. The number of para-hydroxylation sites is 1. The fourth-order valence-corrected chi connectivity index (χ4v) is 3.11. The van der Waals surface area contributed by atoms with Crippen LogP contribution in [0.15, 0.2) is 54.6 Å². The second-order valence-electron chi connectivity index (χ2n) is 6.77. The lowest BCUT2D eigenvalue weighted by Crippen LogP contribution is -2.32. The Kier molecular flexibility index (Phi) is 6.81. The third kappa shape index (κ3) is 5.41. The molecule has 1 N–H and O–H groups in total. The highest BCUT2D eigenvalue weighted by atomic mass is 16.5. The number of amides is 1. The number of rotatable bonds is 7. The molecule has 1 aliphatic rings. The normalized spacial score (nSPS) is 18.3. The average Bonchev–Trinajstić information content (AvgIpc) is 2.69. The van der Waals surface area contributed by atoms with Gasteiger partial charge in [0.1, 0.15) is 6.10 Å². The van der Waals surface area contributed by atoms with E-state index in [-0.39, 0.29) is 12.0 Å². The fraction of sp³-hybridized carbons (Fsp3) is 0.409.